The lowest BCUT2D eigenvalue weighted by molar-refractivity contribution is 0.0552. The number of nitrogens with zero attached hydrogens (tertiary/aromatic N) is 1. The van der Waals surface area contributed by atoms with Crippen molar-refractivity contribution in [1.29, 1.82) is 0 Å². The Labute approximate surface area is 191 Å². The van der Waals surface area contributed by atoms with Gasteiger partial charge in [-0.05, 0) is 66.4 Å². The van der Waals surface area contributed by atoms with Gasteiger partial charge in [0, 0.05) is 16.1 Å². The molecule has 0 aliphatic carbocycles. The highest BCUT2D eigenvalue weighted by molar-refractivity contribution is 9.10. The van der Waals surface area contributed by atoms with E-state index in [1.165, 1.54) is 5.56 Å². The summed E-state index contributed by atoms with van der Waals surface area (Å²) in [7, 11) is 3.29. The molecule has 0 fully saturated rings. The lowest BCUT2D eigenvalue weighted by Crippen LogP contribution is -2.52. The number of fused-ring (bicyclic) bond motifs is 1. The first kappa shape index (κ1) is 21.4. The lowest BCUT2D eigenvalue weighted by Gasteiger charge is -2.42. The molecule has 2 atom stereocenters. The molecule has 31 heavy (non-hydrogen) atoms. The fourth-order valence-electron chi connectivity index (χ4n) is 4.12. The summed E-state index contributed by atoms with van der Waals surface area (Å²) in [6.45, 7) is 2.12. The smallest absolute Gasteiger partial charge is 0.265 e. The van der Waals surface area contributed by atoms with Crippen molar-refractivity contribution >= 4 is 21.8 Å². The Morgan fingerprint density at radius 1 is 1.00 bits per heavy atom. The van der Waals surface area contributed by atoms with Crippen LogP contribution in [0.4, 0.5) is 0 Å². The van der Waals surface area contributed by atoms with Gasteiger partial charge >= 0.3 is 0 Å². The molecule has 0 saturated carbocycles. The van der Waals surface area contributed by atoms with Crippen LogP contribution in [0.1, 0.15) is 40.0 Å². The van der Waals surface area contributed by atoms with Crippen LogP contribution in [0.3, 0.4) is 0 Å². The molecule has 0 bridgehead atoms. The average molecular weight is 481 g/mol. The molecule has 3 aromatic rings. The van der Waals surface area contributed by atoms with E-state index in [0.717, 1.165) is 22.0 Å². The molecule has 1 N–H and O–H groups in total. The van der Waals surface area contributed by atoms with Gasteiger partial charge in [-0.15, -0.1) is 0 Å². The Hall–Kier alpha value is -2.83. The summed E-state index contributed by atoms with van der Waals surface area (Å²) in [6, 6.07) is 21.5. The van der Waals surface area contributed by atoms with Gasteiger partial charge in [-0.1, -0.05) is 46.3 Å². The molecular formula is C25H25BrN2O3. The monoisotopic (exact) mass is 480 g/mol. The zero-order valence-electron chi connectivity index (χ0n) is 17.8. The van der Waals surface area contributed by atoms with Gasteiger partial charge in [-0.25, -0.2) is 5.01 Å². The van der Waals surface area contributed by atoms with E-state index in [-0.39, 0.29) is 18.0 Å². The number of hydrazine groups is 1. The average Bonchev–Trinajstić information content (AvgIpc) is 2.80. The highest BCUT2D eigenvalue weighted by Gasteiger charge is 2.35. The van der Waals surface area contributed by atoms with Crippen LogP contribution in [0.25, 0.3) is 0 Å². The van der Waals surface area contributed by atoms with Gasteiger partial charge in [-0.2, -0.15) is 0 Å². The first-order valence-electron chi connectivity index (χ1n) is 10.2. The Balaban J connectivity index is 1.80. The molecule has 160 valence electrons. The lowest BCUT2D eigenvalue weighted by atomic mass is 9.86. The van der Waals surface area contributed by atoms with Crippen LogP contribution in [-0.2, 0) is 6.42 Å². The normalized spacial score (nSPS) is 18.2. The maximum Gasteiger partial charge on any atom is 0.265 e. The SMILES string of the molecule is COc1cc2c(cc1OC)[C@@H](c1ccc(Br)cc1)N(NC(=O)c1ccccc1)[C@H](C)C2. The van der Waals surface area contributed by atoms with E-state index in [9.17, 15) is 4.79 Å². The molecule has 1 aliphatic rings. The maximum absolute atomic E-state index is 13.0. The number of hydrogen-bond acceptors (Lipinski definition) is 4. The van der Waals surface area contributed by atoms with Gasteiger partial charge in [0.15, 0.2) is 11.5 Å². The van der Waals surface area contributed by atoms with Crippen LogP contribution in [0.2, 0.25) is 0 Å². The van der Waals surface area contributed by atoms with Gasteiger partial charge in [0.2, 0.25) is 0 Å². The van der Waals surface area contributed by atoms with Crippen molar-refractivity contribution in [3.63, 3.8) is 0 Å². The van der Waals surface area contributed by atoms with E-state index in [4.69, 9.17) is 9.47 Å². The van der Waals surface area contributed by atoms with E-state index in [1.54, 1.807) is 14.2 Å². The number of hydrogen-bond donors (Lipinski definition) is 1. The summed E-state index contributed by atoms with van der Waals surface area (Å²) < 4.78 is 12.1. The second-order valence-electron chi connectivity index (χ2n) is 7.63. The summed E-state index contributed by atoms with van der Waals surface area (Å²) in [5, 5.41) is 2.05. The van der Waals surface area contributed by atoms with Crippen molar-refractivity contribution in [2.75, 3.05) is 14.2 Å². The van der Waals surface area contributed by atoms with Gasteiger partial charge in [0.05, 0.1) is 20.3 Å². The molecule has 0 aromatic heterocycles. The zero-order valence-corrected chi connectivity index (χ0v) is 19.3. The molecule has 6 heteroatoms. The molecule has 3 aromatic carbocycles. The molecule has 0 saturated heterocycles. The number of halogens is 1. The summed E-state index contributed by atoms with van der Waals surface area (Å²) in [5.74, 6) is 1.26. The minimum atomic E-state index is -0.167. The van der Waals surface area contributed by atoms with Crippen molar-refractivity contribution in [2.45, 2.75) is 25.4 Å². The summed E-state index contributed by atoms with van der Waals surface area (Å²) in [6.07, 6.45) is 0.776. The molecule has 1 amide bonds. The van der Waals surface area contributed by atoms with Crippen LogP contribution in [0, 0.1) is 0 Å². The summed E-state index contributed by atoms with van der Waals surface area (Å²) >= 11 is 3.52. The minimum Gasteiger partial charge on any atom is -0.493 e. The van der Waals surface area contributed by atoms with E-state index in [0.29, 0.717) is 17.1 Å². The third-order valence-electron chi connectivity index (χ3n) is 5.66. The van der Waals surface area contributed by atoms with Crippen molar-refractivity contribution in [3.8, 4) is 11.5 Å². The van der Waals surface area contributed by atoms with E-state index in [1.807, 2.05) is 59.6 Å². The molecule has 5 nitrogen and oxygen atoms in total. The van der Waals surface area contributed by atoms with Gasteiger partial charge in [-0.3, -0.25) is 10.2 Å². The van der Waals surface area contributed by atoms with E-state index < -0.39 is 0 Å². The number of amides is 1. The molecule has 1 aliphatic heterocycles. The van der Waals surface area contributed by atoms with Crippen LogP contribution in [0.15, 0.2) is 71.2 Å². The van der Waals surface area contributed by atoms with Crippen molar-refractivity contribution in [2.24, 2.45) is 0 Å². The molecular weight excluding hydrogens is 456 g/mol. The predicted molar refractivity (Wildman–Crippen MR) is 124 cm³/mol. The number of carbonyl (C=O) groups excluding carboxylic acids is 1. The Morgan fingerprint density at radius 2 is 1.65 bits per heavy atom. The predicted octanol–water partition coefficient (Wildman–Crippen LogP) is 5.15. The van der Waals surface area contributed by atoms with Gasteiger partial charge in [0.1, 0.15) is 0 Å². The van der Waals surface area contributed by atoms with E-state index in [2.05, 4.69) is 40.4 Å². The third kappa shape index (κ3) is 4.31. The molecule has 0 unspecified atom stereocenters. The zero-order chi connectivity index (χ0) is 22.0. The second-order valence-corrected chi connectivity index (χ2v) is 8.54. The minimum absolute atomic E-state index is 0.0758. The number of nitrogens with one attached hydrogen (secondary N) is 1. The van der Waals surface area contributed by atoms with Gasteiger partial charge in [0.25, 0.3) is 5.91 Å². The first-order chi connectivity index (χ1) is 15.0. The van der Waals surface area contributed by atoms with Gasteiger partial charge < -0.3 is 9.47 Å². The Morgan fingerprint density at radius 3 is 2.29 bits per heavy atom. The Bertz CT molecular complexity index is 1070. The first-order valence-corrected chi connectivity index (χ1v) is 11.0. The number of rotatable bonds is 5. The summed E-state index contributed by atoms with van der Waals surface area (Å²) in [5.41, 5.74) is 7.15. The van der Waals surface area contributed by atoms with Crippen molar-refractivity contribution in [1.82, 2.24) is 10.4 Å². The molecule has 0 spiro atoms. The highest BCUT2D eigenvalue weighted by Crippen LogP contribution is 2.42. The number of carbonyl (C=O) groups is 1. The topological polar surface area (TPSA) is 50.8 Å². The third-order valence-corrected chi connectivity index (χ3v) is 6.19. The molecule has 4 rings (SSSR count). The maximum atomic E-state index is 13.0. The second kappa shape index (κ2) is 9.12. The largest absolute Gasteiger partial charge is 0.493 e. The number of ether oxygens (including phenoxy) is 2. The molecule has 0 radical (unpaired) electrons. The number of benzene rings is 3. The van der Waals surface area contributed by atoms with Crippen LogP contribution >= 0.6 is 15.9 Å². The fourth-order valence-corrected chi connectivity index (χ4v) is 4.38. The fraction of sp³-hybridized carbons (Fsp3) is 0.240. The number of methoxy groups -OCH3 is 2. The summed E-state index contributed by atoms with van der Waals surface area (Å²) in [4.78, 5) is 13.0. The molecule has 1 heterocycles. The van der Waals surface area contributed by atoms with Crippen LogP contribution in [0.5, 0.6) is 11.5 Å². The van der Waals surface area contributed by atoms with Crippen LogP contribution in [-0.4, -0.2) is 31.2 Å². The quantitative estimate of drug-likeness (QED) is 0.548. The standard InChI is InChI=1S/C25H25BrN2O3/c1-16-13-19-14-22(30-2)23(31-3)15-21(19)24(17-9-11-20(26)12-10-17)28(16)27-25(29)18-7-5-4-6-8-18/h4-12,14-16,24H,13H2,1-3H3,(H,27,29)/t16-,24-/m1/s1. The van der Waals surface area contributed by atoms with Crippen molar-refractivity contribution < 1.29 is 14.3 Å². The van der Waals surface area contributed by atoms with E-state index >= 15 is 0 Å². The highest BCUT2D eigenvalue weighted by atomic mass is 79.9. The van der Waals surface area contributed by atoms with Crippen LogP contribution < -0.4 is 14.9 Å². The Kier molecular flexibility index (Phi) is 6.30. The van der Waals surface area contributed by atoms with Crippen molar-refractivity contribution in [3.05, 3.63) is 93.5 Å².